The number of anilines is 1. The number of hydrogen-bond donors (Lipinski definition) is 1. The summed E-state index contributed by atoms with van der Waals surface area (Å²) in [6, 6.07) is 4.58. The molecule has 11 heteroatoms. The maximum absolute atomic E-state index is 12.1. The first kappa shape index (κ1) is 16.4. The van der Waals surface area contributed by atoms with Crippen LogP contribution in [-0.2, 0) is 0 Å². The Hall–Kier alpha value is -3.50. The van der Waals surface area contributed by atoms with Crippen LogP contribution in [0.25, 0.3) is 11.5 Å². The average molecular weight is 351 g/mol. The number of carbonyl (C=O) groups is 1. The molecule has 3 aromatic rings. The molecule has 0 aliphatic carbocycles. The van der Waals surface area contributed by atoms with Crippen molar-refractivity contribution in [3.8, 4) is 17.3 Å². The maximum atomic E-state index is 12.1. The van der Waals surface area contributed by atoms with Gasteiger partial charge in [-0.2, -0.15) is 4.98 Å². The monoisotopic (exact) mass is 351 g/mol. The molecule has 0 aliphatic heterocycles. The second-order valence-corrected chi connectivity index (χ2v) is 4.54. The van der Waals surface area contributed by atoms with Gasteiger partial charge in [-0.05, 0) is 24.3 Å². The highest BCUT2D eigenvalue weighted by atomic mass is 19.4. The molecular formula is C14H8F3N5O3. The van der Waals surface area contributed by atoms with E-state index in [1.54, 1.807) is 0 Å². The topological polar surface area (TPSA) is 103 Å². The van der Waals surface area contributed by atoms with Crippen LogP contribution in [0.1, 0.15) is 10.7 Å². The molecule has 128 valence electrons. The molecule has 1 amide bonds. The van der Waals surface area contributed by atoms with Crippen molar-refractivity contribution in [1.82, 2.24) is 20.1 Å². The minimum atomic E-state index is -4.79. The van der Waals surface area contributed by atoms with Gasteiger partial charge >= 0.3 is 18.2 Å². The molecule has 0 bridgehead atoms. The summed E-state index contributed by atoms with van der Waals surface area (Å²) in [5.74, 6) is -1.40. The summed E-state index contributed by atoms with van der Waals surface area (Å²) in [7, 11) is 0. The van der Waals surface area contributed by atoms with E-state index >= 15 is 0 Å². The summed E-state index contributed by atoms with van der Waals surface area (Å²) in [6.45, 7) is 0. The molecule has 25 heavy (non-hydrogen) atoms. The number of nitrogens with one attached hydrogen (secondary N) is 1. The SMILES string of the molecule is O=C(Nc1ccc(OC(F)(F)F)cc1)c1nc(-c2cnccn2)no1. The van der Waals surface area contributed by atoms with Gasteiger partial charge in [-0.3, -0.25) is 9.78 Å². The Morgan fingerprint density at radius 1 is 1.16 bits per heavy atom. The van der Waals surface area contributed by atoms with E-state index in [2.05, 4.69) is 30.2 Å². The van der Waals surface area contributed by atoms with E-state index in [1.165, 1.54) is 30.7 Å². The van der Waals surface area contributed by atoms with E-state index in [4.69, 9.17) is 4.52 Å². The Morgan fingerprint density at radius 3 is 2.56 bits per heavy atom. The second-order valence-electron chi connectivity index (χ2n) is 4.54. The summed E-state index contributed by atoms with van der Waals surface area (Å²) in [5.41, 5.74) is 0.540. The van der Waals surface area contributed by atoms with Crippen molar-refractivity contribution in [2.75, 3.05) is 5.32 Å². The van der Waals surface area contributed by atoms with E-state index in [-0.39, 0.29) is 17.4 Å². The zero-order valence-corrected chi connectivity index (χ0v) is 12.2. The molecule has 2 heterocycles. The average Bonchev–Trinajstić information content (AvgIpc) is 3.06. The smallest absolute Gasteiger partial charge is 0.406 e. The van der Waals surface area contributed by atoms with Crippen LogP contribution in [0.3, 0.4) is 0 Å². The maximum Gasteiger partial charge on any atom is 0.573 e. The van der Waals surface area contributed by atoms with Gasteiger partial charge in [0.15, 0.2) is 0 Å². The molecule has 0 atom stereocenters. The zero-order chi connectivity index (χ0) is 17.9. The number of carbonyl (C=O) groups excluding carboxylic acids is 1. The van der Waals surface area contributed by atoms with E-state index < -0.39 is 18.0 Å². The molecule has 8 nitrogen and oxygen atoms in total. The first-order valence-electron chi connectivity index (χ1n) is 6.68. The summed E-state index contributed by atoms with van der Waals surface area (Å²) in [4.78, 5) is 23.7. The van der Waals surface area contributed by atoms with E-state index in [0.717, 1.165) is 12.1 Å². The van der Waals surface area contributed by atoms with E-state index in [1.807, 2.05) is 0 Å². The van der Waals surface area contributed by atoms with Crippen LogP contribution in [0.5, 0.6) is 5.75 Å². The Morgan fingerprint density at radius 2 is 1.92 bits per heavy atom. The number of amides is 1. The van der Waals surface area contributed by atoms with Gasteiger partial charge in [-0.15, -0.1) is 13.2 Å². The predicted octanol–water partition coefficient (Wildman–Crippen LogP) is 2.68. The molecule has 0 aliphatic rings. The molecule has 0 unspecified atom stereocenters. The Labute approximate surface area is 137 Å². The van der Waals surface area contributed by atoms with Gasteiger partial charge in [0.1, 0.15) is 11.4 Å². The second kappa shape index (κ2) is 6.55. The molecular weight excluding hydrogens is 343 g/mol. The van der Waals surface area contributed by atoms with Crippen LogP contribution < -0.4 is 10.1 Å². The van der Waals surface area contributed by atoms with Crippen LogP contribution in [0.2, 0.25) is 0 Å². The van der Waals surface area contributed by atoms with Crippen molar-refractivity contribution >= 4 is 11.6 Å². The lowest BCUT2D eigenvalue weighted by molar-refractivity contribution is -0.274. The number of halogens is 3. The van der Waals surface area contributed by atoms with Crippen molar-refractivity contribution in [2.45, 2.75) is 6.36 Å². The minimum absolute atomic E-state index is 0.0761. The van der Waals surface area contributed by atoms with Crippen molar-refractivity contribution in [2.24, 2.45) is 0 Å². The highest BCUT2D eigenvalue weighted by Crippen LogP contribution is 2.24. The fourth-order valence-electron chi connectivity index (χ4n) is 1.76. The zero-order valence-electron chi connectivity index (χ0n) is 12.2. The van der Waals surface area contributed by atoms with Crippen LogP contribution in [0, 0.1) is 0 Å². The normalized spacial score (nSPS) is 11.2. The Bertz CT molecular complexity index is 865. The van der Waals surface area contributed by atoms with Gasteiger partial charge in [0, 0.05) is 18.1 Å². The van der Waals surface area contributed by atoms with Gasteiger partial charge in [-0.1, -0.05) is 5.16 Å². The van der Waals surface area contributed by atoms with Crippen LogP contribution >= 0.6 is 0 Å². The van der Waals surface area contributed by atoms with Crippen LogP contribution in [0.15, 0.2) is 47.4 Å². The van der Waals surface area contributed by atoms with Gasteiger partial charge in [0.2, 0.25) is 5.82 Å². The first-order chi connectivity index (χ1) is 11.9. The fourth-order valence-corrected chi connectivity index (χ4v) is 1.76. The highest BCUT2D eigenvalue weighted by molar-refractivity contribution is 6.01. The van der Waals surface area contributed by atoms with Crippen molar-refractivity contribution in [1.29, 1.82) is 0 Å². The quantitative estimate of drug-likeness (QED) is 0.771. The number of benzene rings is 1. The predicted molar refractivity (Wildman–Crippen MR) is 76.4 cm³/mol. The molecule has 0 spiro atoms. The number of rotatable bonds is 4. The van der Waals surface area contributed by atoms with E-state index in [0.29, 0.717) is 5.69 Å². The van der Waals surface area contributed by atoms with Gasteiger partial charge in [0.25, 0.3) is 0 Å². The third kappa shape index (κ3) is 4.28. The molecule has 3 rings (SSSR count). The summed E-state index contributed by atoms with van der Waals surface area (Å²) >= 11 is 0. The Balaban J connectivity index is 1.67. The number of aromatic nitrogens is 4. The number of alkyl halides is 3. The molecule has 1 aromatic carbocycles. The van der Waals surface area contributed by atoms with Crippen molar-refractivity contribution in [3.63, 3.8) is 0 Å². The molecule has 1 N–H and O–H groups in total. The standard InChI is InChI=1S/C14H8F3N5O3/c15-14(16,17)24-9-3-1-8(2-4-9)20-12(23)13-21-11(22-25-13)10-7-18-5-6-19-10/h1-7H,(H,20,23). The number of ether oxygens (including phenoxy) is 1. The molecule has 0 radical (unpaired) electrons. The number of hydrogen-bond acceptors (Lipinski definition) is 7. The summed E-state index contributed by atoms with van der Waals surface area (Å²) < 4.78 is 44.8. The lowest BCUT2D eigenvalue weighted by atomic mass is 10.3. The van der Waals surface area contributed by atoms with Gasteiger partial charge in [-0.25, -0.2) is 4.98 Å². The van der Waals surface area contributed by atoms with Gasteiger partial charge in [0.05, 0.1) is 6.20 Å². The lowest BCUT2D eigenvalue weighted by Crippen LogP contribution is -2.17. The molecule has 0 fully saturated rings. The third-order valence-electron chi connectivity index (χ3n) is 2.76. The van der Waals surface area contributed by atoms with Gasteiger partial charge < -0.3 is 14.6 Å². The van der Waals surface area contributed by atoms with Crippen LogP contribution in [-0.4, -0.2) is 32.4 Å². The molecule has 2 aromatic heterocycles. The molecule has 0 saturated heterocycles. The highest BCUT2D eigenvalue weighted by Gasteiger charge is 2.31. The first-order valence-corrected chi connectivity index (χ1v) is 6.68. The minimum Gasteiger partial charge on any atom is -0.406 e. The van der Waals surface area contributed by atoms with Crippen molar-refractivity contribution in [3.05, 3.63) is 48.7 Å². The lowest BCUT2D eigenvalue weighted by Gasteiger charge is -2.09. The summed E-state index contributed by atoms with van der Waals surface area (Å²) in [6.07, 6.45) is -0.503. The fraction of sp³-hybridized carbons (Fsp3) is 0.0714. The largest absolute Gasteiger partial charge is 0.573 e. The molecule has 0 saturated carbocycles. The number of nitrogens with zero attached hydrogens (tertiary/aromatic N) is 4. The van der Waals surface area contributed by atoms with E-state index in [9.17, 15) is 18.0 Å². The summed E-state index contributed by atoms with van der Waals surface area (Å²) in [5, 5.41) is 6.01. The van der Waals surface area contributed by atoms with Crippen molar-refractivity contribution < 1.29 is 27.2 Å². The van der Waals surface area contributed by atoms with Crippen LogP contribution in [0.4, 0.5) is 18.9 Å². The Kier molecular flexibility index (Phi) is 4.29. The third-order valence-corrected chi connectivity index (χ3v) is 2.76.